The summed E-state index contributed by atoms with van der Waals surface area (Å²) in [5.74, 6) is 0.603. The van der Waals surface area contributed by atoms with E-state index in [4.69, 9.17) is 5.73 Å². The first-order valence-corrected chi connectivity index (χ1v) is 7.11. The van der Waals surface area contributed by atoms with Gasteiger partial charge in [-0.15, -0.1) is 0 Å². The van der Waals surface area contributed by atoms with Gasteiger partial charge in [0, 0.05) is 19.6 Å². The summed E-state index contributed by atoms with van der Waals surface area (Å²) in [5.41, 5.74) is 6.44. The lowest BCUT2D eigenvalue weighted by Gasteiger charge is -2.24. The summed E-state index contributed by atoms with van der Waals surface area (Å²) in [7, 11) is 1.63. The Labute approximate surface area is 115 Å². The van der Waals surface area contributed by atoms with Crippen LogP contribution in [0.1, 0.15) is 25.7 Å². The number of nitrogens with two attached hydrogens (primary N) is 1. The summed E-state index contributed by atoms with van der Waals surface area (Å²) in [4.78, 5) is 11.8. The van der Waals surface area contributed by atoms with Gasteiger partial charge in [0.1, 0.15) is 4.47 Å². The molecule has 6 heteroatoms. The van der Waals surface area contributed by atoms with Gasteiger partial charge in [-0.25, -0.2) is 4.68 Å². The van der Waals surface area contributed by atoms with Crippen LogP contribution in [0.5, 0.6) is 0 Å². The molecular formula is C12H19BrN4O. The van der Waals surface area contributed by atoms with Crippen molar-refractivity contribution in [3.63, 3.8) is 0 Å². The van der Waals surface area contributed by atoms with Gasteiger partial charge in [-0.1, -0.05) is 12.8 Å². The van der Waals surface area contributed by atoms with E-state index in [2.05, 4.69) is 26.3 Å². The lowest BCUT2D eigenvalue weighted by molar-refractivity contribution is 0.461. The molecule has 100 valence electrons. The number of aryl methyl sites for hydroxylation is 1. The van der Waals surface area contributed by atoms with Crippen molar-refractivity contribution in [1.29, 1.82) is 0 Å². The highest BCUT2D eigenvalue weighted by Gasteiger charge is 2.24. The van der Waals surface area contributed by atoms with Crippen molar-refractivity contribution in [2.45, 2.75) is 31.7 Å². The first-order valence-electron chi connectivity index (χ1n) is 6.32. The van der Waals surface area contributed by atoms with Crippen molar-refractivity contribution in [3.8, 4) is 0 Å². The number of nitrogens with one attached hydrogen (secondary N) is 1. The zero-order valence-electron chi connectivity index (χ0n) is 10.5. The van der Waals surface area contributed by atoms with Gasteiger partial charge in [0.15, 0.2) is 0 Å². The molecule has 0 saturated heterocycles. The molecule has 3 N–H and O–H groups in total. The average molecular weight is 315 g/mol. The van der Waals surface area contributed by atoms with Crippen LogP contribution in [0, 0.1) is 5.92 Å². The third-order valence-corrected chi connectivity index (χ3v) is 4.41. The van der Waals surface area contributed by atoms with Gasteiger partial charge in [-0.3, -0.25) is 4.79 Å². The number of hydrogen-bond donors (Lipinski definition) is 2. The molecule has 1 atom stereocenters. The van der Waals surface area contributed by atoms with Gasteiger partial charge in [0.2, 0.25) is 0 Å². The second-order valence-electron chi connectivity index (χ2n) is 4.83. The van der Waals surface area contributed by atoms with Crippen molar-refractivity contribution in [2.75, 3.05) is 11.9 Å². The van der Waals surface area contributed by atoms with E-state index in [-0.39, 0.29) is 11.6 Å². The van der Waals surface area contributed by atoms with Crippen LogP contribution in [0.4, 0.5) is 5.69 Å². The Kier molecular flexibility index (Phi) is 4.40. The second-order valence-corrected chi connectivity index (χ2v) is 5.63. The van der Waals surface area contributed by atoms with Crippen molar-refractivity contribution in [3.05, 3.63) is 21.0 Å². The molecule has 0 aromatic carbocycles. The normalized spacial score (nSPS) is 17.9. The van der Waals surface area contributed by atoms with Crippen LogP contribution < -0.4 is 16.6 Å². The minimum absolute atomic E-state index is 0.137. The Balaban J connectivity index is 2.16. The SMILES string of the molecule is Cn1ncc(NC(CN)C2CCCC2)c(Br)c1=O. The fourth-order valence-corrected chi connectivity index (χ4v) is 3.01. The maximum atomic E-state index is 11.8. The van der Waals surface area contributed by atoms with E-state index in [1.807, 2.05) is 0 Å². The zero-order chi connectivity index (χ0) is 13.1. The molecule has 1 unspecified atom stereocenters. The van der Waals surface area contributed by atoms with Gasteiger partial charge in [-0.05, 0) is 34.7 Å². The minimum atomic E-state index is -0.137. The topological polar surface area (TPSA) is 72.9 Å². The van der Waals surface area contributed by atoms with E-state index < -0.39 is 0 Å². The van der Waals surface area contributed by atoms with Gasteiger partial charge >= 0.3 is 0 Å². The van der Waals surface area contributed by atoms with Crippen molar-refractivity contribution >= 4 is 21.6 Å². The van der Waals surface area contributed by atoms with Crippen LogP contribution in [0.25, 0.3) is 0 Å². The van der Waals surface area contributed by atoms with Gasteiger partial charge in [0.25, 0.3) is 5.56 Å². The fraction of sp³-hybridized carbons (Fsp3) is 0.667. The molecule has 5 nitrogen and oxygen atoms in total. The van der Waals surface area contributed by atoms with Crippen LogP contribution >= 0.6 is 15.9 Å². The molecule has 0 radical (unpaired) electrons. The number of anilines is 1. The van der Waals surface area contributed by atoms with E-state index in [0.29, 0.717) is 16.9 Å². The molecule has 1 heterocycles. The Morgan fingerprint density at radius 2 is 2.28 bits per heavy atom. The molecular weight excluding hydrogens is 296 g/mol. The largest absolute Gasteiger partial charge is 0.378 e. The fourth-order valence-electron chi connectivity index (χ4n) is 2.54. The molecule has 1 aliphatic carbocycles. The standard InChI is InChI=1S/C12H19BrN4O/c1-17-12(18)11(13)10(7-15-17)16-9(6-14)8-4-2-3-5-8/h7-9,16H,2-6,14H2,1H3. The van der Waals surface area contributed by atoms with Crippen molar-refractivity contribution < 1.29 is 0 Å². The molecule has 1 fully saturated rings. The molecule has 1 aromatic heterocycles. The first-order chi connectivity index (χ1) is 8.63. The third-order valence-electron chi connectivity index (χ3n) is 3.64. The lowest BCUT2D eigenvalue weighted by atomic mass is 9.98. The zero-order valence-corrected chi connectivity index (χ0v) is 12.1. The maximum Gasteiger partial charge on any atom is 0.282 e. The van der Waals surface area contributed by atoms with E-state index in [1.54, 1.807) is 13.2 Å². The monoisotopic (exact) mass is 314 g/mol. The van der Waals surface area contributed by atoms with E-state index in [9.17, 15) is 4.79 Å². The second kappa shape index (κ2) is 5.84. The Morgan fingerprint density at radius 3 is 2.89 bits per heavy atom. The Hall–Kier alpha value is -0.880. The summed E-state index contributed by atoms with van der Waals surface area (Å²) >= 11 is 3.32. The number of halogens is 1. The highest BCUT2D eigenvalue weighted by atomic mass is 79.9. The minimum Gasteiger partial charge on any atom is -0.378 e. The van der Waals surface area contributed by atoms with Crippen molar-refractivity contribution in [1.82, 2.24) is 9.78 Å². The molecule has 0 bridgehead atoms. The molecule has 2 rings (SSSR count). The van der Waals surface area contributed by atoms with E-state index in [1.165, 1.54) is 30.4 Å². The lowest BCUT2D eigenvalue weighted by Crippen LogP contribution is -2.36. The molecule has 0 spiro atoms. The summed E-state index contributed by atoms with van der Waals surface area (Å²) < 4.78 is 1.83. The average Bonchev–Trinajstić information content (AvgIpc) is 2.89. The van der Waals surface area contributed by atoms with Crippen LogP contribution in [0.3, 0.4) is 0 Å². The third kappa shape index (κ3) is 2.75. The predicted molar refractivity (Wildman–Crippen MR) is 75.6 cm³/mol. The predicted octanol–water partition coefficient (Wildman–Crippen LogP) is 1.47. The quantitative estimate of drug-likeness (QED) is 0.882. The molecule has 0 amide bonds. The van der Waals surface area contributed by atoms with Crippen molar-refractivity contribution in [2.24, 2.45) is 18.7 Å². The van der Waals surface area contributed by atoms with Crippen LogP contribution in [0.2, 0.25) is 0 Å². The number of rotatable bonds is 4. The van der Waals surface area contributed by atoms with E-state index in [0.717, 1.165) is 5.69 Å². The number of hydrogen-bond acceptors (Lipinski definition) is 4. The molecule has 1 saturated carbocycles. The number of nitrogens with zero attached hydrogens (tertiary/aromatic N) is 2. The highest BCUT2D eigenvalue weighted by molar-refractivity contribution is 9.10. The Bertz CT molecular complexity index is 468. The van der Waals surface area contributed by atoms with Gasteiger partial charge in [0.05, 0.1) is 11.9 Å². The Morgan fingerprint density at radius 1 is 1.61 bits per heavy atom. The molecule has 18 heavy (non-hydrogen) atoms. The summed E-state index contributed by atoms with van der Waals surface area (Å²) in [6.45, 7) is 0.576. The molecule has 1 aromatic rings. The molecule has 0 aliphatic heterocycles. The summed E-state index contributed by atoms with van der Waals surface area (Å²) in [6, 6.07) is 0.220. The summed E-state index contributed by atoms with van der Waals surface area (Å²) in [5, 5.41) is 7.38. The maximum absolute atomic E-state index is 11.8. The first kappa shape index (κ1) is 13.5. The van der Waals surface area contributed by atoms with Crippen LogP contribution in [-0.4, -0.2) is 22.4 Å². The summed E-state index contributed by atoms with van der Waals surface area (Å²) in [6.07, 6.45) is 6.65. The number of aromatic nitrogens is 2. The smallest absolute Gasteiger partial charge is 0.282 e. The van der Waals surface area contributed by atoms with Gasteiger partial charge < -0.3 is 11.1 Å². The van der Waals surface area contributed by atoms with Gasteiger partial charge in [-0.2, -0.15) is 5.10 Å². The van der Waals surface area contributed by atoms with E-state index >= 15 is 0 Å². The van der Waals surface area contributed by atoms with Crippen LogP contribution in [0.15, 0.2) is 15.5 Å². The van der Waals surface area contributed by atoms with Crippen LogP contribution in [-0.2, 0) is 7.05 Å². The molecule has 1 aliphatic rings. The highest BCUT2D eigenvalue weighted by Crippen LogP contribution is 2.29.